The molecule has 0 saturated heterocycles. The number of nitrogens with one attached hydrogen (secondary N) is 2. The van der Waals surface area contributed by atoms with Crippen LogP contribution in [0.3, 0.4) is 0 Å². The zero-order valence-electron chi connectivity index (χ0n) is 17.4. The predicted molar refractivity (Wildman–Crippen MR) is 127 cm³/mol. The van der Waals surface area contributed by atoms with Crippen molar-refractivity contribution in [2.24, 2.45) is 5.92 Å². The van der Waals surface area contributed by atoms with E-state index in [1.807, 2.05) is 24.3 Å². The molecular weight excluding hydrogens is 441 g/mol. The van der Waals surface area contributed by atoms with Crippen LogP contribution in [0.4, 0.5) is 15.8 Å². The first kappa shape index (κ1) is 21.1. The van der Waals surface area contributed by atoms with Crippen molar-refractivity contribution < 1.29 is 14.0 Å². The molecule has 1 aromatic heterocycles. The van der Waals surface area contributed by atoms with Crippen LogP contribution in [0.15, 0.2) is 79.1 Å². The fourth-order valence-electron chi connectivity index (χ4n) is 3.96. The van der Waals surface area contributed by atoms with Crippen LogP contribution in [0.1, 0.15) is 28.3 Å². The lowest BCUT2D eigenvalue weighted by molar-refractivity contribution is -0.117. The van der Waals surface area contributed by atoms with E-state index in [2.05, 4.69) is 15.6 Å². The zero-order valence-corrected chi connectivity index (χ0v) is 18.1. The smallest absolute Gasteiger partial charge is 0.255 e. The van der Waals surface area contributed by atoms with Crippen molar-refractivity contribution in [1.82, 2.24) is 4.98 Å². The largest absolute Gasteiger partial charge is 0.326 e. The Morgan fingerprint density at radius 1 is 0.939 bits per heavy atom. The van der Waals surface area contributed by atoms with Gasteiger partial charge in [0, 0.05) is 45.7 Å². The molecule has 2 unspecified atom stereocenters. The van der Waals surface area contributed by atoms with Crippen molar-refractivity contribution in [2.45, 2.75) is 12.3 Å². The van der Waals surface area contributed by atoms with Crippen LogP contribution in [-0.2, 0) is 4.79 Å². The average molecular weight is 460 g/mol. The lowest BCUT2D eigenvalue weighted by Crippen LogP contribution is -2.15. The quantitative estimate of drug-likeness (QED) is 0.383. The van der Waals surface area contributed by atoms with Crippen LogP contribution in [0.2, 0.25) is 5.02 Å². The highest BCUT2D eigenvalue weighted by Crippen LogP contribution is 2.49. The summed E-state index contributed by atoms with van der Waals surface area (Å²) in [6.07, 6.45) is 4.03. The highest BCUT2D eigenvalue weighted by molar-refractivity contribution is 6.31. The third-order valence-corrected chi connectivity index (χ3v) is 6.02. The van der Waals surface area contributed by atoms with Gasteiger partial charge in [-0.25, -0.2) is 4.39 Å². The normalized spacial score (nSPS) is 16.9. The molecule has 1 fully saturated rings. The molecular formula is C26H19ClFN3O2. The van der Waals surface area contributed by atoms with Gasteiger partial charge in [-0.2, -0.15) is 0 Å². The van der Waals surface area contributed by atoms with Gasteiger partial charge in [0.15, 0.2) is 0 Å². The first-order chi connectivity index (χ1) is 16.0. The standard InChI is InChI=1S/C26H19ClFN3O2/c27-18-2-1-3-19(12-18)30-25(32)16-5-7-21(24(28)11-16)22-13-23(22)26(33)31-20-6-4-17-14-29-9-8-15(17)10-20/h1-12,14,22-23H,13H2,(H,30,32)(H,31,33). The van der Waals surface area contributed by atoms with Gasteiger partial charge in [-0.15, -0.1) is 0 Å². The number of hydrogen-bond acceptors (Lipinski definition) is 3. The number of pyridine rings is 1. The van der Waals surface area contributed by atoms with Gasteiger partial charge in [-0.05, 0) is 71.8 Å². The Kier molecular flexibility index (Phi) is 5.52. The highest BCUT2D eigenvalue weighted by Gasteiger charge is 2.45. The molecule has 5 nitrogen and oxygen atoms in total. The molecule has 0 bridgehead atoms. The van der Waals surface area contributed by atoms with Crippen molar-refractivity contribution in [3.8, 4) is 0 Å². The number of carbonyl (C=O) groups excluding carboxylic acids is 2. The molecule has 1 saturated carbocycles. The lowest BCUT2D eigenvalue weighted by Gasteiger charge is -2.09. The second-order valence-electron chi connectivity index (χ2n) is 8.08. The minimum absolute atomic E-state index is 0.143. The van der Waals surface area contributed by atoms with Crippen molar-refractivity contribution in [3.63, 3.8) is 0 Å². The van der Waals surface area contributed by atoms with Crippen LogP contribution in [0.5, 0.6) is 0 Å². The number of anilines is 2. The second kappa shape index (κ2) is 8.64. The summed E-state index contributed by atoms with van der Waals surface area (Å²) in [5.74, 6) is -1.58. The Bertz CT molecular complexity index is 1390. The van der Waals surface area contributed by atoms with Gasteiger partial charge >= 0.3 is 0 Å². The van der Waals surface area contributed by atoms with E-state index in [9.17, 15) is 14.0 Å². The Morgan fingerprint density at radius 3 is 2.61 bits per heavy atom. The number of hydrogen-bond donors (Lipinski definition) is 2. The van der Waals surface area contributed by atoms with Gasteiger partial charge < -0.3 is 10.6 Å². The molecule has 1 heterocycles. The Balaban J connectivity index is 1.24. The van der Waals surface area contributed by atoms with Gasteiger partial charge in [-0.1, -0.05) is 29.8 Å². The number of nitrogens with zero attached hydrogens (tertiary/aromatic N) is 1. The molecule has 0 aliphatic heterocycles. The Hall–Kier alpha value is -3.77. The van der Waals surface area contributed by atoms with E-state index in [0.717, 1.165) is 10.8 Å². The van der Waals surface area contributed by atoms with Gasteiger partial charge in [0.2, 0.25) is 5.91 Å². The molecule has 4 aromatic rings. The Labute approximate surface area is 194 Å². The molecule has 5 rings (SSSR count). The minimum Gasteiger partial charge on any atom is -0.326 e. The third kappa shape index (κ3) is 4.56. The van der Waals surface area contributed by atoms with E-state index < -0.39 is 11.7 Å². The van der Waals surface area contributed by atoms with Gasteiger partial charge in [0.25, 0.3) is 5.91 Å². The van der Waals surface area contributed by atoms with Crippen molar-refractivity contribution in [1.29, 1.82) is 0 Å². The van der Waals surface area contributed by atoms with Crippen LogP contribution >= 0.6 is 11.6 Å². The van der Waals surface area contributed by atoms with Gasteiger partial charge in [0.05, 0.1) is 0 Å². The van der Waals surface area contributed by atoms with Crippen molar-refractivity contribution >= 4 is 45.6 Å². The maximum atomic E-state index is 14.8. The molecule has 2 N–H and O–H groups in total. The number of rotatable bonds is 5. The molecule has 2 atom stereocenters. The molecule has 1 aliphatic carbocycles. The van der Waals surface area contributed by atoms with Crippen molar-refractivity contribution in [2.75, 3.05) is 10.6 Å². The maximum absolute atomic E-state index is 14.8. The van der Waals surface area contributed by atoms with Crippen LogP contribution in [0.25, 0.3) is 10.8 Å². The van der Waals surface area contributed by atoms with Gasteiger partial charge in [-0.3, -0.25) is 14.6 Å². The topological polar surface area (TPSA) is 71.1 Å². The number of carbonyl (C=O) groups is 2. The van der Waals surface area contributed by atoms with Crippen LogP contribution in [-0.4, -0.2) is 16.8 Å². The van der Waals surface area contributed by atoms with Crippen molar-refractivity contribution in [3.05, 3.63) is 101 Å². The molecule has 164 valence electrons. The second-order valence-corrected chi connectivity index (χ2v) is 8.51. The lowest BCUT2D eigenvalue weighted by atomic mass is 10.0. The Morgan fingerprint density at radius 2 is 1.79 bits per heavy atom. The molecule has 3 aromatic carbocycles. The third-order valence-electron chi connectivity index (χ3n) is 5.78. The molecule has 33 heavy (non-hydrogen) atoms. The fourth-order valence-corrected chi connectivity index (χ4v) is 4.15. The molecule has 0 spiro atoms. The number of fused-ring (bicyclic) bond motifs is 1. The fraction of sp³-hybridized carbons (Fsp3) is 0.115. The summed E-state index contributed by atoms with van der Waals surface area (Å²) in [4.78, 5) is 29.2. The molecule has 1 aliphatic rings. The van der Waals surface area contributed by atoms with E-state index in [4.69, 9.17) is 11.6 Å². The summed E-state index contributed by atoms with van der Waals surface area (Å²) in [5.41, 5.74) is 1.86. The van der Waals surface area contributed by atoms with Gasteiger partial charge in [0.1, 0.15) is 5.82 Å². The summed E-state index contributed by atoms with van der Waals surface area (Å²) in [6, 6.07) is 18.6. The number of benzene rings is 3. The predicted octanol–water partition coefficient (Wildman–Crippen LogP) is 6.02. The SMILES string of the molecule is O=C(Nc1cccc(Cl)c1)c1ccc(C2CC2C(=O)Nc2ccc3cnccc3c2)c(F)c1. The summed E-state index contributed by atoms with van der Waals surface area (Å²) in [7, 11) is 0. The van der Waals surface area contributed by atoms with E-state index in [0.29, 0.717) is 28.4 Å². The molecule has 0 radical (unpaired) electrons. The minimum atomic E-state index is -0.493. The summed E-state index contributed by atoms with van der Waals surface area (Å²) in [6.45, 7) is 0. The van der Waals surface area contributed by atoms with E-state index in [1.54, 1.807) is 48.8 Å². The number of amides is 2. The maximum Gasteiger partial charge on any atom is 0.255 e. The average Bonchev–Trinajstić information content (AvgIpc) is 3.60. The summed E-state index contributed by atoms with van der Waals surface area (Å²) in [5, 5.41) is 8.08. The zero-order chi connectivity index (χ0) is 22.9. The number of aromatic nitrogens is 1. The first-order valence-electron chi connectivity index (χ1n) is 10.5. The van der Waals surface area contributed by atoms with E-state index >= 15 is 0 Å². The van der Waals surface area contributed by atoms with E-state index in [-0.39, 0.29) is 23.3 Å². The highest BCUT2D eigenvalue weighted by atomic mass is 35.5. The summed E-state index contributed by atoms with van der Waals surface area (Å²) < 4.78 is 14.8. The molecule has 2 amide bonds. The number of halogens is 2. The molecule has 7 heteroatoms. The summed E-state index contributed by atoms with van der Waals surface area (Å²) >= 11 is 5.93. The van der Waals surface area contributed by atoms with Crippen LogP contribution < -0.4 is 10.6 Å². The van der Waals surface area contributed by atoms with E-state index in [1.165, 1.54) is 6.07 Å². The monoisotopic (exact) mass is 459 g/mol. The van der Waals surface area contributed by atoms with Crippen LogP contribution in [0, 0.1) is 11.7 Å². The first-order valence-corrected chi connectivity index (χ1v) is 10.9.